The molecule has 0 spiro atoms. The monoisotopic (exact) mass is 354 g/mol. The Morgan fingerprint density at radius 3 is 2.27 bits per heavy atom. The zero-order valence-corrected chi connectivity index (χ0v) is 15.5. The summed E-state index contributed by atoms with van der Waals surface area (Å²) in [6.45, 7) is 7.27. The summed E-state index contributed by atoms with van der Waals surface area (Å²) in [6, 6.07) is 15.4. The second kappa shape index (κ2) is 8.13. The topological polar surface area (TPSA) is 59.6 Å². The van der Waals surface area contributed by atoms with Crippen molar-refractivity contribution in [3.63, 3.8) is 0 Å². The van der Waals surface area contributed by atoms with Gasteiger partial charge < -0.3 is 20.1 Å². The maximum atomic E-state index is 12.5. The largest absolute Gasteiger partial charge is 0.486 e. The van der Waals surface area contributed by atoms with Crippen molar-refractivity contribution in [1.82, 2.24) is 10.6 Å². The zero-order chi connectivity index (χ0) is 18.5. The van der Waals surface area contributed by atoms with Crippen molar-refractivity contribution < 1.29 is 14.3 Å². The van der Waals surface area contributed by atoms with Gasteiger partial charge in [-0.3, -0.25) is 0 Å². The van der Waals surface area contributed by atoms with Crippen molar-refractivity contribution >= 4 is 6.03 Å². The van der Waals surface area contributed by atoms with E-state index < -0.39 is 0 Å². The molecule has 5 nitrogen and oxygen atoms in total. The van der Waals surface area contributed by atoms with Gasteiger partial charge in [0.05, 0.1) is 12.1 Å². The van der Waals surface area contributed by atoms with Gasteiger partial charge in [-0.05, 0) is 36.1 Å². The molecule has 5 heteroatoms. The van der Waals surface area contributed by atoms with Crippen LogP contribution in [-0.4, -0.2) is 19.2 Å². The molecule has 2 aromatic rings. The fraction of sp³-hybridized carbons (Fsp3) is 0.381. The molecule has 138 valence electrons. The molecular weight excluding hydrogens is 328 g/mol. The van der Waals surface area contributed by atoms with E-state index in [0.29, 0.717) is 13.2 Å². The van der Waals surface area contributed by atoms with Crippen LogP contribution in [0.4, 0.5) is 4.79 Å². The predicted octanol–water partition coefficient (Wildman–Crippen LogP) is 4.22. The number of amides is 2. The third kappa shape index (κ3) is 4.28. The smallest absolute Gasteiger partial charge is 0.315 e. The molecule has 0 aliphatic carbocycles. The highest BCUT2D eigenvalue weighted by Gasteiger charge is 2.20. The van der Waals surface area contributed by atoms with Gasteiger partial charge in [0.2, 0.25) is 0 Å². The highest BCUT2D eigenvalue weighted by molar-refractivity contribution is 5.75. The lowest BCUT2D eigenvalue weighted by atomic mass is 9.96. The molecule has 3 rings (SSSR count). The van der Waals surface area contributed by atoms with Crippen molar-refractivity contribution in [2.45, 2.75) is 32.9 Å². The molecule has 0 saturated heterocycles. The molecule has 26 heavy (non-hydrogen) atoms. The molecule has 2 aromatic carbocycles. The maximum absolute atomic E-state index is 12.5. The van der Waals surface area contributed by atoms with E-state index in [2.05, 4.69) is 24.5 Å². The minimum Gasteiger partial charge on any atom is -0.486 e. The predicted molar refractivity (Wildman–Crippen MR) is 102 cm³/mol. The number of benzene rings is 2. The third-order valence-electron chi connectivity index (χ3n) is 4.53. The van der Waals surface area contributed by atoms with Gasteiger partial charge in [0.25, 0.3) is 0 Å². The minimum absolute atomic E-state index is 0.0383. The highest BCUT2D eigenvalue weighted by Crippen LogP contribution is 2.32. The van der Waals surface area contributed by atoms with Crippen LogP contribution < -0.4 is 20.1 Å². The number of hydrogen-bond donors (Lipinski definition) is 2. The molecule has 1 heterocycles. The number of ether oxygens (including phenoxy) is 2. The first-order valence-electron chi connectivity index (χ1n) is 9.06. The Labute approximate surface area is 154 Å². The maximum Gasteiger partial charge on any atom is 0.315 e. The number of fused-ring (bicyclic) bond motifs is 1. The van der Waals surface area contributed by atoms with Crippen LogP contribution in [0.5, 0.6) is 11.5 Å². The zero-order valence-electron chi connectivity index (χ0n) is 15.5. The van der Waals surface area contributed by atoms with E-state index >= 15 is 0 Å². The lowest BCUT2D eigenvalue weighted by Crippen LogP contribution is -2.40. The van der Waals surface area contributed by atoms with Crippen molar-refractivity contribution in [3.8, 4) is 11.5 Å². The van der Waals surface area contributed by atoms with E-state index in [9.17, 15) is 4.79 Å². The normalized spacial score (nSPS) is 15.2. The second-order valence-corrected chi connectivity index (χ2v) is 6.87. The van der Waals surface area contributed by atoms with E-state index in [-0.39, 0.29) is 24.0 Å². The summed E-state index contributed by atoms with van der Waals surface area (Å²) >= 11 is 0. The minimum atomic E-state index is -0.185. The van der Waals surface area contributed by atoms with Gasteiger partial charge in [-0.25, -0.2) is 4.79 Å². The third-order valence-corrected chi connectivity index (χ3v) is 4.53. The molecular formula is C21H26N2O3. The van der Waals surface area contributed by atoms with E-state index in [1.54, 1.807) is 0 Å². The molecule has 0 unspecified atom stereocenters. The number of nitrogens with one attached hydrogen (secondary N) is 2. The number of carbonyl (C=O) groups excluding carboxylic acids is 1. The molecule has 0 fully saturated rings. The van der Waals surface area contributed by atoms with Crippen LogP contribution in [0.3, 0.4) is 0 Å². The van der Waals surface area contributed by atoms with E-state index in [1.807, 2.05) is 55.5 Å². The van der Waals surface area contributed by atoms with Crippen LogP contribution in [0, 0.1) is 5.92 Å². The summed E-state index contributed by atoms with van der Waals surface area (Å²) < 4.78 is 11.2. The summed E-state index contributed by atoms with van der Waals surface area (Å²) in [5.74, 6) is 1.76. The first-order valence-corrected chi connectivity index (χ1v) is 9.06. The summed E-state index contributed by atoms with van der Waals surface area (Å²) in [7, 11) is 0. The van der Waals surface area contributed by atoms with Crippen LogP contribution >= 0.6 is 0 Å². The Balaban J connectivity index is 1.65. The lowest BCUT2D eigenvalue weighted by Gasteiger charge is -2.25. The van der Waals surface area contributed by atoms with Gasteiger partial charge in [-0.1, -0.05) is 50.2 Å². The SMILES string of the molecule is CC(C)[C@@H](NC(=O)N[C@H](C)c1ccc2c(c1)OCCO2)c1ccccc1. The number of hydrogen-bond acceptors (Lipinski definition) is 3. The molecule has 1 aliphatic rings. The first-order chi connectivity index (χ1) is 12.5. The average Bonchev–Trinajstić information content (AvgIpc) is 2.66. The van der Waals surface area contributed by atoms with E-state index in [0.717, 1.165) is 22.6 Å². The summed E-state index contributed by atoms with van der Waals surface area (Å²) in [5, 5.41) is 6.10. The molecule has 2 N–H and O–H groups in total. The van der Waals surface area contributed by atoms with Crippen LogP contribution in [0.25, 0.3) is 0 Å². The molecule has 0 bridgehead atoms. The average molecular weight is 354 g/mol. The van der Waals surface area contributed by atoms with Crippen molar-refractivity contribution in [3.05, 3.63) is 59.7 Å². The van der Waals surface area contributed by atoms with Crippen molar-refractivity contribution in [1.29, 1.82) is 0 Å². The molecule has 0 radical (unpaired) electrons. The fourth-order valence-corrected chi connectivity index (χ4v) is 3.09. The van der Waals surface area contributed by atoms with E-state index in [1.165, 1.54) is 0 Å². The Morgan fingerprint density at radius 1 is 0.885 bits per heavy atom. The van der Waals surface area contributed by atoms with Gasteiger partial charge in [0, 0.05) is 0 Å². The number of rotatable bonds is 5. The number of urea groups is 1. The van der Waals surface area contributed by atoms with E-state index in [4.69, 9.17) is 9.47 Å². The van der Waals surface area contributed by atoms with Gasteiger partial charge in [-0.15, -0.1) is 0 Å². The van der Waals surface area contributed by atoms with Crippen molar-refractivity contribution in [2.24, 2.45) is 5.92 Å². The Bertz CT molecular complexity index is 746. The van der Waals surface area contributed by atoms with Gasteiger partial charge >= 0.3 is 6.03 Å². The molecule has 2 atom stereocenters. The summed E-state index contributed by atoms with van der Waals surface area (Å²) in [4.78, 5) is 12.5. The van der Waals surface area contributed by atoms with Gasteiger partial charge in [0.15, 0.2) is 11.5 Å². The van der Waals surface area contributed by atoms with Crippen LogP contribution in [-0.2, 0) is 0 Å². The molecule has 1 aliphatic heterocycles. The lowest BCUT2D eigenvalue weighted by molar-refractivity contribution is 0.171. The Morgan fingerprint density at radius 2 is 1.58 bits per heavy atom. The van der Waals surface area contributed by atoms with Crippen LogP contribution in [0.2, 0.25) is 0 Å². The fourth-order valence-electron chi connectivity index (χ4n) is 3.09. The molecule has 0 aromatic heterocycles. The summed E-state index contributed by atoms with van der Waals surface area (Å²) in [5.41, 5.74) is 2.08. The molecule has 0 saturated carbocycles. The van der Waals surface area contributed by atoms with Crippen LogP contribution in [0.15, 0.2) is 48.5 Å². The number of carbonyl (C=O) groups is 1. The van der Waals surface area contributed by atoms with Crippen LogP contribution in [0.1, 0.15) is 44.0 Å². The van der Waals surface area contributed by atoms with Gasteiger partial charge in [0.1, 0.15) is 13.2 Å². The first kappa shape index (κ1) is 18.1. The Kier molecular flexibility index (Phi) is 5.66. The Hall–Kier alpha value is -2.69. The van der Waals surface area contributed by atoms with Crippen molar-refractivity contribution in [2.75, 3.05) is 13.2 Å². The highest BCUT2D eigenvalue weighted by atomic mass is 16.6. The van der Waals surface area contributed by atoms with Gasteiger partial charge in [-0.2, -0.15) is 0 Å². The second-order valence-electron chi connectivity index (χ2n) is 6.87. The quantitative estimate of drug-likeness (QED) is 0.845. The molecule has 2 amide bonds. The standard InChI is InChI=1S/C21H26N2O3/c1-14(2)20(16-7-5-4-6-8-16)23-21(24)22-15(3)17-9-10-18-19(13-17)26-12-11-25-18/h4-10,13-15,20H,11-12H2,1-3H3,(H2,22,23,24)/t15-,20-/m1/s1. The summed E-state index contributed by atoms with van der Waals surface area (Å²) in [6.07, 6.45) is 0.